The van der Waals surface area contributed by atoms with Crippen molar-refractivity contribution in [2.24, 2.45) is 17.3 Å². The Hall–Kier alpha value is -0.0800. The third-order valence-corrected chi connectivity index (χ3v) is 5.80. The highest BCUT2D eigenvalue weighted by Gasteiger charge is 2.33. The van der Waals surface area contributed by atoms with Gasteiger partial charge in [0.05, 0.1) is 0 Å². The van der Waals surface area contributed by atoms with E-state index in [9.17, 15) is 0 Å². The zero-order valence-electron chi connectivity index (χ0n) is 15.2. The van der Waals surface area contributed by atoms with E-state index >= 15 is 0 Å². The monoisotopic (exact) mass is 306 g/mol. The molecule has 2 unspecified atom stereocenters. The van der Waals surface area contributed by atoms with Gasteiger partial charge in [-0.15, -0.1) is 0 Å². The Bertz CT molecular complexity index is 336. The summed E-state index contributed by atoms with van der Waals surface area (Å²) in [4.78, 5) is 2.80. The first-order valence-electron chi connectivity index (χ1n) is 9.96. The molecule has 0 radical (unpaired) electrons. The topological polar surface area (TPSA) is 15.3 Å². The van der Waals surface area contributed by atoms with Crippen LogP contribution in [0.5, 0.6) is 0 Å². The molecular weight excluding hydrogens is 268 g/mol. The van der Waals surface area contributed by atoms with Crippen LogP contribution in [0, 0.1) is 17.3 Å². The molecule has 1 saturated heterocycles. The summed E-state index contributed by atoms with van der Waals surface area (Å²) in [7, 11) is 0. The van der Waals surface area contributed by atoms with Gasteiger partial charge in [0.2, 0.25) is 0 Å². The van der Waals surface area contributed by atoms with Gasteiger partial charge in [0.25, 0.3) is 0 Å². The molecule has 2 heteroatoms. The fraction of sp³-hybridized carbons (Fsp3) is 1.00. The van der Waals surface area contributed by atoms with E-state index in [1.165, 1.54) is 77.4 Å². The van der Waals surface area contributed by atoms with Gasteiger partial charge in [-0.3, -0.25) is 0 Å². The van der Waals surface area contributed by atoms with Crippen molar-refractivity contribution < 1.29 is 0 Å². The molecule has 128 valence electrons. The average Bonchev–Trinajstić information content (AvgIpc) is 3.21. The maximum absolute atomic E-state index is 4.06. The summed E-state index contributed by atoms with van der Waals surface area (Å²) in [5, 5.41) is 4.06. The molecular formula is C20H38N2. The molecule has 2 saturated carbocycles. The predicted molar refractivity (Wildman–Crippen MR) is 95.1 cm³/mol. The lowest BCUT2D eigenvalue weighted by Crippen LogP contribution is -2.53. The van der Waals surface area contributed by atoms with Crippen molar-refractivity contribution in [2.45, 2.75) is 90.6 Å². The van der Waals surface area contributed by atoms with Gasteiger partial charge in [0.15, 0.2) is 0 Å². The molecule has 0 aromatic carbocycles. The van der Waals surface area contributed by atoms with Crippen molar-refractivity contribution in [3.63, 3.8) is 0 Å². The molecule has 0 aromatic rings. The summed E-state index contributed by atoms with van der Waals surface area (Å²) < 4.78 is 0. The van der Waals surface area contributed by atoms with E-state index in [2.05, 4.69) is 31.0 Å². The Morgan fingerprint density at radius 3 is 2.23 bits per heavy atom. The van der Waals surface area contributed by atoms with Crippen LogP contribution in [0.3, 0.4) is 0 Å². The van der Waals surface area contributed by atoms with E-state index < -0.39 is 0 Å². The highest BCUT2D eigenvalue weighted by molar-refractivity contribution is 4.90. The lowest BCUT2D eigenvalue weighted by atomic mass is 9.79. The van der Waals surface area contributed by atoms with Crippen LogP contribution in [-0.4, -0.2) is 36.6 Å². The van der Waals surface area contributed by atoms with E-state index in [0.29, 0.717) is 5.41 Å². The lowest BCUT2D eigenvalue weighted by molar-refractivity contribution is 0.102. The van der Waals surface area contributed by atoms with E-state index in [1.807, 2.05) is 0 Å². The molecule has 0 aromatic heterocycles. The molecule has 1 heterocycles. The molecule has 3 rings (SSSR count). The number of nitrogens with zero attached hydrogens (tertiary/aromatic N) is 1. The van der Waals surface area contributed by atoms with Crippen molar-refractivity contribution in [1.82, 2.24) is 10.2 Å². The van der Waals surface area contributed by atoms with Crippen LogP contribution in [0.15, 0.2) is 0 Å². The van der Waals surface area contributed by atoms with E-state index in [1.54, 1.807) is 0 Å². The van der Waals surface area contributed by atoms with Crippen molar-refractivity contribution >= 4 is 0 Å². The van der Waals surface area contributed by atoms with Crippen molar-refractivity contribution in [2.75, 3.05) is 19.6 Å². The van der Waals surface area contributed by atoms with Gasteiger partial charge in [-0.25, -0.2) is 0 Å². The SMILES string of the molecule is CC(C)(C)CC1CC(NC2CCCCC2)CN(CC2CC2)C1. The van der Waals surface area contributed by atoms with Crippen LogP contribution < -0.4 is 5.32 Å². The van der Waals surface area contributed by atoms with Crippen LogP contribution >= 0.6 is 0 Å². The minimum Gasteiger partial charge on any atom is -0.310 e. The van der Waals surface area contributed by atoms with Gasteiger partial charge in [0.1, 0.15) is 0 Å². The van der Waals surface area contributed by atoms with Gasteiger partial charge in [-0.2, -0.15) is 0 Å². The summed E-state index contributed by atoms with van der Waals surface area (Å²) in [5.41, 5.74) is 0.475. The molecule has 2 atom stereocenters. The van der Waals surface area contributed by atoms with Gasteiger partial charge < -0.3 is 10.2 Å². The summed E-state index contributed by atoms with van der Waals surface area (Å²) in [6, 6.07) is 1.57. The second kappa shape index (κ2) is 7.21. The van der Waals surface area contributed by atoms with Crippen molar-refractivity contribution in [3.05, 3.63) is 0 Å². The minimum absolute atomic E-state index is 0.475. The third kappa shape index (κ3) is 5.53. The number of likely N-dealkylation sites (tertiary alicyclic amines) is 1. The molecule has 3 fully saturated rings. The molecule has 2 aliphatic carbocycles. The van der Waals surface area contributed by atoms with Crippen LogP contribution in [0.1, 0.15) is 78.6 Å². The van der Waals surface area contributed by atoms with Crippen molar-refractivity contribution in [1.29, 1.82) is 0 Å². The zero-order valence-corrected chi connectivity index (χ0v) is 15.2. The Balaban J connectivity index is 1.55. The van der Waals surface area contributed by atoms with Crippen LogP contribution in [0.25, 0.3) is 0 Å². The van der Waals surface area contributed by atoms with E-state index in [-0.39, 0.29) is 0 Å². The van der Waals surface area contributed by atoms with Crippen LogP contribution in [0.4, 0.5) is 0 Å². The lowest BCUT2D eigenvalue weighted by Gasteiger charge is -2.42. The second-order valence-corrected chi connectivity index (χ2v) is 9.73. The molecule has 1 aliphatic heterocycles. The largest absolute Gasteiger partial charge is 0.310 e. The second-order valence-electron chi connectivity index (χ2n) is 9.73. The third-order valence-electron chi connectivity index (χ3n) is 5.80. The molecule has 0 amide bonds. The Kier molecular flexibility index (Phi) is 5.50. The molecule has 1 N–H and O–H groups in total. The highest BCUT2D eigenvalue weighted by Crippen LogP contribution is 2.34. The van der Waals surface area contributed by atoms with Crippen molar-refractivity contribution in [3.8, 4) is 0 Å². The summed E-state index contributed by atoms with van der Waals surface area (Å²) >= 11 is 0. The maximum atomic E-state index is 4.06. The van der Waals surface area contributed by atoms with Gasteiger partial charge in [-0.1, -0.05) is 40.0 Å². The zero-order chi connectivity index (χ0) is 15.6. The fourth-order valence-corrected chi connectivity index (χ4v) is 4.85. The van der Waals surface area contributed by atoms with E-state index in [0.717, 1.165) is 23.9 Å². The average molecular weight is 307 g/mol. The number of hydrogen-bond donors (Lipinski definition) is 1. The first-order chi connectivity index (χ1) is 10.5. The van der Waals surface area contributed by atoms with Crippen LogP contribution in [0.2, 0.25) is 0 Å². The van der Waals surface area contributed by atoms with Crippen LogP contribution in [-0.2, 0) is 0 Å². The van der Waals surface area contributed by atoms with Gasteiger partial charge in [0, 0.05) is 31.7 Å². The van der Waals surface area contributed by atoms with E-state index in [4.69, 9.17) is 0 Å². The minimum atomic E-state index is 0.475. The maximum Gasteiger partial charge on any atom is 0.0200 e. The standard InChI is InChI=1S/C20H38N2/c1-20(2,3)12-17-11-19(21-18-7-5-4-6-8-18)15-22(14-17)13-16-9-10-16/h16-19,21H,4-15H2,1-3H3. The first kappa shape index (κ1) is 16.8. The molecule has 2 nitrogen and oxygen atoms in total. The first-order valence-corrected chi connectivity index (χ1v) is 9.96. The number of rotatable bonds is 5. The number of nitrogens with one attached hydrogen (secondary N) is 1. The molecule has 0 spiro atoms. The summed E-state index contributed by atoms with van der Waals surface area (Å²) in [6.45, 7) is 11.3. The summed E-state index contributed by atoms with van der Waals surface area (Å²) in [5.74, 6) is 1.93. The Morgan fingerprint density at radius 1 is 0.864 bits per heavy atom. The predicted octanol–water partition coefficient (Wildman–Crippen LogP) is 4.45. The Morgan fingerprint density at radius 2 is 1.59 bits per heavy atom. The highest BCUT2D eigenvalue weighted by atomic mass is 15.2. The Labute approximate surface area is 138 Å². The smallest absolute Gasteiger partial charge is 0.0200 e. The van der Waals surface area contributed by atoms with Gasteiger partial charge in [-0.05, 0) is 55.8 Å². The molecule has 0 bridgehead atoms. The quantitative estimate of drug-likeness (QED) is 0.807. The molecule has 3 aliphatic rings. The van der Waals surface area contributed by atoms with Gasteiger partial charge >= 0.3 is 0 Å². The fourth-order valence-electron chi connectivity index (χ4n) is 4.85. The molecule has 22 heavy (non-hydrogen) atoms. The summed E-state index contributed by atoms with van der Waals surface area (Å²) in [6.07, 6.45) is 13.0. The number of hydrogen-bond acceptors (Lipinski definition) is 2. The number of piperidine rings is 1. The normalized spacial score (nSPS) is 32.3.